The van der Waals surface area contributed by atoms with E-state index in [4.69, 9.17) is 9.47 Å². The molecule has 7 nitrogen and oxygen atoms in total. The fourth-order valence-electron chi connectivity index (χ4n) is 3.38. The van der Waals surface area contributed by atoms with Crippen LogP contribution in [0.5, 0.6) is 5.75 Å². The predicted octanol–water partition coefficient (Wildman–Crippen LogP) is 1.86. The third-order valence-corrected chi connectivity index (χ3v) is 4.59. The second-order valence-electron chi connectivity index (χ2n) is 6.51. The van der Waals surface area contributed by atoms with Crippen LogP contribution >= 0.6 is 0 Å². The summed E-state index contributed by atoms with van der Waals surface area (Å²) in [5, 5.41) is 2.94. The SMILES string of the molecule is CCC[C@@H]1CN(C(=O)c2cc(OC)cc(C(=O)OC)c2)C[C@H]1NC(C)=O. The highest BCUT2D eigenvalue weighted by Gasteiger charge is 2.35. The summed E-state index contributed by atoms with van der Waals surface area (Å²) in [4.78, 5) is 38.0. The summed E-state index contributed by atoms with van der Waals surface area (Å²) < 4.78 is 9.94. The third kappa shape index (κ3) is 4.53. The van der Waals surface area contributed by atoms with Crippen LogP contribution in [-0.2, 0) is 9.53 Å². The van der Waals surface area contributed by atoms with Gasteiger partial charge in [0.1, 0.15) is 5.75 Å². The Morgan fingerprint density at radius 3 is 2.42 bits per heavy atom. The van der Waals surface area contributed by atoms with E-state index >= 15 is 0 Å². The van der Waals surface area contributed by atoms with Crippen molar-refractivity contribution in [3.8, 4) is 5.75 Å². The zero-order valence-corrected chi connectivity index (χ0v) is 15.7. The van der Waals surface area contributed by atoms with Crippen LogP contribution in [0.25, 0.3) is 0 Å². The Kier molecular flexibility index (Phi) is 6.60. The van der Waals surface area contributed by atoms with Gasteiger partial charge in [-0.25, -0.2) is 4.79 Å². The summed E-state index contributed by atoms with van der Waals surface area (Å²) >= 11 is 0. The molecule has 0 aliphatic carbocycles. The lowest BCUT2D eigenvalue weighted by molar-refractivity contribution is -0.119. The molecule has 7 heteroatoms. The molecule has 1 fully saturated rings. The quantitative estimate of drug-likeness (QED) is 0.781. The number of esters is 1. The molecule has 2 amide bonds. The van der Waals surface area contributed by atoms with Gasteiger partial charge in [0, 0.05) is 25.6 Å². The van der Waals surface area contributed by atoms with Crippen LogP contribution in [0.3, 0.4) is 0 Å². The second-order valence-corrected chi connectivity index (χ2v) is 6.51. The molecule has 0 radical (unpaired) electrons. The monoisotopic (exact) mass is 362 g/mol. The number of carbonyl (C=O) groups excluding carboxylic acids is 3. The van der Waals surface area contributed by atoms with Crippen LogP contribution in [0, 0.1) is 5.92 Å². The largest absolute Gasteiger partial charge is 0.497 e. The molecule has 2 rings (SSSR count). The number of carbonyl (C=O) groups is 3. The molecule has 0 aromatic heterocycles. The Morgan fingerprint density at radius 1 is 1.15 bits per heavy atom. The van der Waals surface area contributed by atoms with Gasteiger partial charge in [-0.3, -0.25) is 9.59 Å². The fraction of sp³-hybridized carbons (Fsp3) is 0.526. The zero-order chi connectivity index (χ0) is 19.3. The minimum Gasteiger partial charge on any atom is -0.497 e. The Labute approximate surface area is 153 Å². The first kappa shape index (κ1) is 19.8. The first-order chi connectivity index (χ1) is 12.4. The number of hydrogen-bond donors (Lipinski definition) is 1. The minimum atomic E-state index is -0.528. The summed E-state index contributed by atoms with van der Waals surface area (Å²) in [6.07, 6.45) is 1.91. The van der Waals surface area contributed by atoms with Crippen molar-refractivity contribution in [2.75, 3.05) is 27.3 Å². The highest BCUT2D eigenvalue weighted by molar-refractivity contribution is 5.98. The van der Waals surface area contributed by atoms with Crippen LogP contribution in [0.15, 0.2) is 18.2 Å². The molecule has 0 spiro atoms. The fourth-order valence-corrected chi connectivity index (χ4v) is 3.38. The van der Waals surface area contributed by atoms with E-state index in [9.17, 15) is 14.4 Å². The molecule has 0 saturated carbocycles. The Balaban J connectivity index is 2.25. The molecule has 1 aromatic rings. The number of benzene rings is 1. The van der Waals surface area contributed by atoms with Gasteiger partial charge in [-0.15, -0.1) is 0 Å². The van der Waals surface area contributed by atoms with Gasteiger partial charge in [-0.1, -0.05) is 13.3 Å². The molecule has 1 saturated heterocycles. The van der Waals surface area contributed by atoms with E-state index in [0.29, 0.717) is 24.4 Å². The number of methoxy groups -OCH3 is 2. The summed E-state index contributed by atoms with van der Waals surface area (Å²) in [5.41, 5.74) is 0.626. The van der Waals surface area contributed by atoms with E-state index in [2.05, 4.69) is 12.2 Å². The third-order valence-electron chi connectivity index (χ3n) is 4.59. The Hall–Kier alpha value is -2.57. The van der Waals surface area contributed by atoms with Crippen LogP contribution in [0.1, 0.15) is 47.4 Å². The molecule has 142 valence electrons. The van der Waals surface area contributed by atoms with Gasteiger partial charge >= 0.3 is 5.97 Å². The van der Waals surface area contributed by atoms with Gasteiger partial charge < -0.3 is 19.7 Å². The number of likely N-dealkylation sites (tertiary alicyclic amines) is 1. The molecular formula is C19H26N2O5. The lowest BCUT2D eigenvalue weighted by Crippen LogP contribution is -2.39. The van der Waals surface area contributed by atoms with E-state index in [1.807, 2.05) is 0 Å². The highest BCUT2D eigenvalue weighted by atomic mass is 16.5. The lowest BCUT2D eigenvalue weighted by atomic mass is 9.98. The van der Waals surface area contributed by atoms with Gasteiger partial charge in [0.2, 0.25) is 5.91 Å². The summed E-state index contributed by atoms with van der Waals surface area (Å²) in [6, 6.07) is 4.60. The van der Waals surface area contributed by atoms with Crippen LogP contribution < -0.4 is 10.1 Å². The van der Waals surface area contributed by atoms with Gasteiger partial charge in [-0.05, 0) is 30.5 Å². The van der Waals surface area contributed by atoms with Crippen LogP contribution in [-0.4, -0.2) is 56.0 Å². The van der Waals surface area contributed by atoms with Crippen molar-refractivity contribution in [3.05, 3.63) is 29.3 Å². The van der Waals surface area contributed by atoms with Crippen LogP contribution in [0.4, 0.5) is 0 Å². The molecule has 1 aromatic carbocycles. The predicted molar refractivity (Wildman–Crippen MR) is 96.2 cm³/mol. The summed E-state index contributed by atoms with van der Waals surface area (Å²) in [5.74, 6) is -0.181. The maximum absolute atomic E-state index is 13.0. The number of nitrogens with one attached hydrogen (secondary N) is 1. The zero-order valence-electron chi connectivity index (χ0n) is 15.7. The number of hydrogen-bond acceptors (Lipinski definition) is 5. The van der Waals surface area contributed by atoms with E-state index in [1.54, 1.807) is 11.0 Å². The van der Waals surface area contributed by atoms with Gasteiger partial charge in [0.15, 0.2) is 0 Å². The molecule has 1 heterocycles. The first-order valence-corrected chi connectivity index (χ1v) is 8.73. The van der Waals surface area contributed by atoms with E-state index < -0.39 is 5.97 Å². The van der Waals surface area contributed by atoms with Crippen molar-refractivity contribution in [1.29, 1.82) is 0 Å². The van der Waals surface area contributed by atoms with E-state index in [-0.39, 0.29) is 29.3 Å². The normalized spacial score (nSPS) is 19.2. The van der Waals surface area contributed by atoms with Crippen molar-refractivity contribution < 1.29 is 23.9 Å². The number of amides is 2. The maximum atomic E-state index is 13.0. The van der Waals surface area contributed by atoms with Crippen molar-refractivity contribution in [2.45, 2.75) is 32.7 Å². The molecular weight excluding hydrogens is 336 g/mol. The number of nitrogens with zero attached hydrogens (tertiary/aromatic N) is 1. The van der Waals surface area contributed by atoms with Crippen molar-refractivity contribution >= 4 is 17.8 Å². The van der Waals surface area contributed by atoms with Crippen molar-refractivity contribution in [1.82, 2.24) is 10.2 Å². The topological polar surface area (TPSA) is 84.9 Å². The van der Waals surface area contributed by atoms with Crippen molar-refractivity contribution in [2.24, 2.45) is 5.92 Å². The molecule has 1 aliphatic heterocycles. The van der Waals surface area contributed by atoms with Gasteiger partial charge in [0.25, 0.3) is 5.91 Å². The van der Waals surface area contributed by atoms with E-state index in [0.717, 1.165) is 12.8 Å². The average molecular weight is 362 g/mol. The summed E-state index contributed by atoms with van der Waals surface area (Å²) in [7, 11) is 2.77. The van der Waals surface area contributed by atoms with Crippen LogP contribution in [0.2, 0.25) is 0 Å². The number of ether oxygens (including phenoxy) is 2. The van der Waals surface area contributed by atoms with Gasteiger partial charge in [-0.2, -0.15) is 0 Å². The molecule has 26 heavy (non-hydrogen) atoms. The smallest absolute Gasteiger partial charge is 0.338 e. The Bertz CT molecular complexity index is 689. The molecule has 0 unspecified atom stereocenters. The number of rotatable bonds is 6. The average Bonchev–Trinajstić information content (AvgIpc) is 3.02. The first-order valence-electron chi connectivity index (χ1n) is 8.73. The van der Waals surface area contributed by atoms with Crippen molar-refractivity contribution in [3.63, 3.8) is 0 Å². The molecule has 1 aliphatic rings. The lowest BCUT2D eigenvalue weighted by Gasteiger charge is -2.18. The molecule has 2 atom stereocenters. The highest BCUT2D eigenvalue weighted by Crippen LogP contribution is 2.25. The molecule has 1 N–H and O–H groups in total. The molecule has 0 bridgehead atoms. The standard InChI is InChI=1S/C19H26N2O5/c1-5-6-13-10-21(11-17(13)20-12(2)22)18(23)14-7-15(19(24)26-4)9-16(8-14)25-3/h7-9,13,17H,5-6,10-11H2,1-4H3,(H,20,22)/t13-,17-/m1/s1. The van der Waals surface area contributed by atoms with Gasteiger partial charge in [0.05, 0.1) is 25.8 Å². The Morgan fingerprint density at radius 2 is 1.85 bits per heavy atom. The second kappa shape index (κ2) is 8.69. The summed E-state index contributed by atoms with van der Waals surface area (Å²) in [6.45, 7) is 4.59. The minimum absolute atomic E-state index is 0.0536. The van der Waals surface area contributed by atoms with E-state index in [1.165, 1.54) is 33.3 Å². The maximum Gasteiger partial charge on any atom is 0.338 e.